The minimum Gasteiger partial charge on any atom is -0.352 e. The number of nitrogens with zero attached hydrogens (tertiary/aromatic N) is 1. The molecule has 0 spiro atoms. The van der Waals surface area contributed by atoms with E-state index in [2.05, 4.69) is 11.4 Å². The van der Waals surface area contributed by atoms with Gasteiger partial charge >= 0.3 is 0 Å². The molecule has 0 atom stereocenters. The van der Waals surface area contributed by atoms with Crippen LogP contribution >= 0.6 is 23.4 Å². The molecule has 0 fully saturated rings. The molecular weight excluding hydrogens is 283 g/mol. The van der Waals surface area contributed by atoms with Crippen LogP contribution in [-0.4, -0.2) is 6.26 Å². The highest BCUT2D eigenvalue weighted by Gasteiger charge is 2.10. The number of nitriles is 1. The molecule has 0 heterocycles. The van der Waals surface area contributed by atoms with Gasteiger partial charge in [0.1, 0.15) is 11.9 Å². The predicted molar refractivity (Wildman–Crippen MR) is 77.6 cm³/mol. The molecule has 0 aliphatic carbocycles. The third-order valence-corrected chi connectivity index (χ3v) is 3.57. The van der Waals surface area contributed by atoms with E-state index < -0.39 is 5.82 Å². The maximum atomic E-state index is 13.7. The topological polar surface area (TPSA) is 35.8 Å². The van der Waals surface area contributed by atoms with Gasteiger partial charge in [0.25, 0.3) is 0 Å². The fourth-order valence-corrected chi connectivity index (χ4v) is 2.41. The molecule has 0 saturated carbocycles. The van der Waals surface area contributed by atoms with E-state index >= 15 is 0 Å². The maximum absolute atomic E-state index is 13.7. The summed E-state index contributed by atoms with van der Waals surface area (Å²) in [4.78, 5) is 0.843. The summed E-state index contributed by atoms with van der Waals surface area (Å²) in [5.41, 5.74) is 1.31. The number of rotatable bonds is 3. The molecule has 2 nitrogen and oxygen atoms in total. The maximum Gasteiger partial charge on any atom is 0.146 e. The monoisotopic (exact) mass is 292 g/mol. The number of anilines is 2. The lowest BCUT2D eigenvalue weighted by Crippen LogP contribution is -1.97. The van der Waals surface area contributed by atoms with Crippen molar-refractivity contribution in [1.82, 2.24) is 0 Å². The van der Waals surface area contributed by atoms with E-state index in [9.17, 15) is 9.65 Å². The van der Waals surface area contributed by atoms with Crippen LogP contribution in [0, 0.1) is 17.1 Å². The fourth-order valence-electron chi connectivity index (χ4n) is 1.66. The first kappa shape index (κ1) is 13.7. The minimum atomic E-state index is -0.414. The van der Waals surface area contributed by atoms with Crippen LogP contribution in [0.4, 0.5) is 15.8 Å². The van der Waals surface area contributed by atoms with Crippen LogP contribution in [0.3, 0.4) is 0 Å². The van der Waals surface area contributed by atoms with Crippen molar-refractivity contribution in [3.63, 3.8) is 0 Å². The molecule has 2 rings (SSSR count). The summed E-state index contributed by atoms with van der Waals surface area (Å²) < 4.78 is 13.7. The van der Waals surface area contributed by atoms with Crippen LogP contribution in [-0.2, 0) is 0 Å². The largest absolute Gasteiger partial charge is 0.352 e. The number of hydrogen-bond acceptors (Lipinski definition) is 3. The standard InChI is InChI=1S/C14H10ClFN2S/c1-19-14-4-2-3-12(10(14)8-17)18-13-7-9(15)5-6-11(13)16/h2-7,18H,1H3. The summed E-state index contributed by atoms with van der Waals surface area (Å²) >= 11 is 7.31. The highest BCUT2D eigenvalue weighted by atomic mass is 35.5. The van der Waals surface area contributed by atoms with E-state index in [0.29, 0.717) is 16.3 Å². The highest BCUT2D eigenvalue weighted by molar-refractivity contribution is 7.98. The average molecular weight is 293 g/mol. The number of hydrogen-bond donors (Lipinski definition) is 1. The summed E-state index contributed by atoms with van der Waals surface area (Å²) in [5.74, 6) is -0.414. The van der Waals surface area contributed by atoms with Gasteiger partial charge in [-0.25, -0.2) is 4.39 Å². The summed E-state index contributed by atoms with van der Waals surface area (Å²) in [6, 6.07) is 11.8. The third-order valence-electron chi connectivity index (χ3n) is 2.56. The zero-order chi connectivity index (χ0) is 13.8. The van der Waals surface area contributed by atoms with Crippen LogP contribution in [0.25, 0.3) is 0 Å². The van der Waals surface area contributed by atoms with Gasteiger partial charge in [-0.15, -0.1) is 11.8 Å². The van der Waals surface area contributed by atoms with Crippen LogP contribution in [0.1, 0.15) is 5.56 Å². The Balaban J connectivity index is 2.44. The minimum absolute atomic E-state index is 0.252. The summed E-state index contributed by atoms with van der Waals surface area (Å²) in [7, 11) is 0. The second-order valence-corrected chi connectivity index (χ2v) is 5.03. The van der Waals surface area contributed by atoms with Crippen molar-refractivity contribution in [1.29, 1.82) is 5.26 Å². The van der Waals surface area contributed by atoms with Gasteiger partial charge in [-0.05, 0) is 36.6 Å². The van der Waals surface area contributed by atoms with Gasteiger partial charge in [-0.3, -0.25) is 0 Å². The Bertz CT molecular complexity index is 652. The number of benzene rings is 2. The zero-order valence-corrected chi connectivity index (χ0v) is 11.6. The summed E-state index contributed by atoms with van der Waals surface area (Å²) in [6.07, 6.45) is 1.89. The Morgan fingerprint density at radius 1 is 1.26 bits per heavy atom. The molecule has 0 aliphatic rings. The van der Waals surface area contributed by atoms with E-state index in [0.717, 1.165) is 4.90 Å². The fraction of sp³-hybridized carbons (Fsp3) is 0.0714. The number of thioether (sulfide) groups is 1. The predicted octanol–water partition coefficient (Wildman–Crippen LogP) is 4.82. The molecule has 0 aliphatic heterocycles. The van der Waals surface area contributed by atoms with Gasteiger partial charge in [0.15, 0.2) is 0 Å². The first-order chi connectivity index (χ1) is 9.15. The third kappa shape index (κ3) is 3.01. The summed E-state index contributed by atoms with van der Waals surface area (Å²) in [5, 5.41) is 12.6. The van der Waals surface area contributed by atoms with Crippen molar-refractivity contribution < 1.29 is 4.39 Å². The van der Waals surface area contributed by atoms with Crippen LogP contribution < -0.4 is 5.32 Å². The molecular formula is C14H10ClFN2S. The molecule has 96 valence electrons. The van der Waals surface area contributed by atoms with E-state index in [-0.39, 0.29) is 5.69 Å². The molecule has 2 aromatic carbocycles. The molecule has 19 heavy (non-hydrogen) atoms. The Kier molecular flexibility index (Phi) is 4.31. The van der Waals surface area contributed by atoms with Crippen molar-refractivity contribution in [2.75, 3.05) is 11.6 Å². The zero-order valence-electron chi connectivity index (χ0n) is 10.1. The van der Waals surface area contributed by atoms with Crippen molar-refractivity contribution in [2.45, 2.75) is 4.90 Å². The molecule has 2 aromatic rings. The van der Waals surface area contributed by atoms with Gasteiger partial charge in [0.05, 0.1) is 16.9 Å². The molecule has 0 aromatic heterocycles. The van der Waals surface area contributed by atoms with E-state index in [4.69, 9.17) is 11.6 Å². The van der Waals surface area contributed by atoms with Gasteiger partial charge in [-0.1, -0.05) is 17.7 Å². The quantitative estimate of drug-likeness (QED) is 0.824. The van der Waals surface area contributed by atoms with Crippen molar-refractivity contribution in [3.05, 3.63) is 52.8 Å². The summed E-state index contributed by atoms with van der Waals surface area (Å²) in [6.45, 7) is 0. The highest BCUT2D eigenvalue weighted by Crippen LogP contribution is 2.30. The lowest BCUT2D eigenvalue weighted by molar-refractivity contribution is 0.632. The van der Waals surface area contributed by atoms with E-state index in [1.54, 1.807) is 6.07 Å². The molecule has 0 amide bonds. The Hall–Kier alpha value is -1.70. The molecule has 5 heteroatoms. The Morgan fingerprint density at radius 3 is 2.74 bits per heavy atom. The van der Waals surface area contributed by atoms with Gasteiger partial charge in [0, 0.05) is 9.92 Å². The van der Waals surface area contributed by atoms with Crippen LogP contribution in [0.2, 0.25) is 5.02 Å². The molecule has 0 unspecified atom stereocenters. The van der Waals surface area contributed by atoms with Crippen molar-refractivity contribution in [2.24, 2.45) is 0 Å². The van der Waals surface area contributed by atoms with Crippen molar-refractivity contribution in [3.8, 4) is 6.07 Å². The smallest absolute Gasteiger partial charge is 0.146 e. The molecule has 0 radical (unpaired) electrons. The van der Waals surface area contributed by atoms with Gasteiger partial charge < -0.3 is 5.32 Å². The lowest BCUT2D eigenvalue weighted by Gasteiger charge is -2.11. The van der Waals surface area contributed by atoms with Crippen LogP contribution in [0.5, 0.6) is 0 Å². The van der Waals surface area contributed by atoms with E-state index in [1.807, 2.05) is 18.4 Å². The van der Waals surface area contributed by atoms with Crippen LogP contribution in [0.15, 0.2) is 41.3 Å². The van der Waals surface area contributed by atoms with Crippen molar-refractivity contribution >= 4 is 34.7 Å². The van der Waals surface area contributed by atoms with E-state index in [1.165, 1.54) is 30.0 Å². The second-order valence-electron chi connectivity index (χ2n) is 3.74. The van der Waals surface area contributed by atoms with Gasteiger partial charge in [-0.2, -0.15) is 5.26 Å². The van der Waals surface area contributed by atoms with Gasteiger partial charge in [0.2, 0.25) is 0 Å². The molecule has 1 N–H and O–H groups in total. The SMILES string of the molecule is CSc1cccc(Nc2cc(Cl)ccc2F)c1C#N. The molecule has 0 saturated heterocycles. The Morgan fingerprint density at radius 2 is 2.05 bits per heavy atom. The Labute approximate surface area is 120 Å². The number of nitrogens with one attached hydrogen (secondary N) is 1. The average Bonchev–Trinajstić information content (AvgIpc) is 2.42. The molecule has 0 bridgehead atoms. The second kappa shape index (κ2) is 5.96. The number of halogens is 2. The first-order valence-corrected chi connectivity index (χ1v) is 7.05. The lowest BCUT2D eigenvalue weighted by atomic mass is 10.2. The first-order valence-electron chi connectivity index (χ1n) is 5.45. The normalized spacial score (nSPS) is 10.0.